The van der Waals surface area contributed by atoms with E-state index in [1.807, 2.05) is 73.1 Å². The first-order chi connectivity index (χ1) is 32.2. The maximum Gasteiger partial charge on any atom is 0.157 e. The fourth-order valence-corrected chi connectivity index (χ4v) is 9.21. The summed E-state index contributed by atoms with van der Waals surface area (Å²) in [6, 6.07) is 71.1. The topological polar surface area (TPSA) is 71.7 Å². The molecule has 0 aliphatic heterocycles. The third-order valence-corrected chi connectivity index (χ3v) is 12.3. The van der Waals surface area contributed by atoms with Gasteiger partial charge in [-0.2, -0.15) is 0 Å². The van der Waals surface area contributed by atoms with Crippen LogP contribution in [0, 0.1) is 0 Å². The minimum absolute atomic E-state index is 0.625. The Morgan fingerprint density at radius 3 is 1.05 bits per heavy atom. The molecule has 5 aromatic heterocycles. The number of benzene rings is 8. The maximum atomic E-state index is 6.74. The van der Waals surface area contributed by atoms with Crippen molar-refractivity contribution in [3.8, 4) is 22.3 Å². The summed E-state index contributed by atoms with van der Waals surface area (Å²) in [5, 5.41) is 4.30. The number of fused-ring (bicyclic) bond motifs is 9. The van der Waals surface area contributed by atoms with E-state index in [1.54, 1.807) is 0 Å². The van der Waals surface area contributed by atoms with Crippen LogP contribution >= 0.6 is 0 Å². The SMILES string of the molecule is c1ccc(-c2ccc(N(c3ccc4c(c3)oc3ccccc34)c3cnc4c(c3)oc3cc(N(c5ccc(-c6ccccc6)cc5)c5ccc6c(c5)oc5ccccc56)cnc34)cc2)cc1. The molecule has 0 spiro atoms. The van der Waals surface area contributed by atoms with Crippen molar-refractivity contribution in [1.29, 1.82) is 0 Å². The summed E-state index contributed by atoms with van der Waals surface area (Å²) in [4.78, 5) is 14.5. The van der Waals surface area contributed by atoms with Gasteiger partial charge in [-0.25, -0.2) is 9.97 Å². The molecule has 13 rings (SSSR count). The average Bonchev–Trinajstić information content (AvgIpc) is 4.05. The standard InChI is InChI=1S/C58H36N4O3/c1-3-11-37(12-4-1)39-19-23-41(24-20-39)61(43-27-29-49-47-15-7-9-17-51(47)63-53(49)31-43)45-33-55-57(59-35-45)58-56(65-55)34-46(36-60-58)62(42-25-21-40(22-26-42)38-13-5-2-6-14-38)44-28-30-50-48-16-8-10-18-52(48)64-54(50)32-44/h1-36H. The molecule has 0 bridgehead atoms. The maximum absolute atomic E-state index is 6.74. The number of rotatable bonds is 8. The number of aromatic nitrogens is 2. The molecular formula is C58H36N4O3. The molecule has 306 valence electrons. The molecule has 0 unspecified atom stereocenters. The molecule has 0 radical (unpaired) electrons. The first-order valence-electron chi connectivity index (χ1n) is 21.6. The molecule has 7 heteroatoms. The molecule has 0 N–H and O–H groups in total. The van der Waals surface area contributed by atoms with Crippen molar-refractivity contribution in [2.75, 3.05) is 9.80 Å². The van der Waals surface area contributed by atoms with Gasteiger partial charge in [-0.3, -0.25) is 0 Å². The lowest BCUT2D eigenvalue weighted by molar-refractivity contribution is 0.667. The van der Waals surface area contributed by atoms with Crippen LogP contribution in [0.5, 0.6) is 0 Å². The summed E-state index contributed by atoms with van der Waals surface area (Å²) in [5.74, 6) is 0. The highest BCUT2D eigenvalue weighted by atomic mass is 16.3. The van der Waals surface area contributed by atoms with E-state index in [-0.39, 0.29) is 0 Å². The molecule has 13 aromatic rings. The van der Waals surface area contributed by atoms with E-state index in [9.17, 15) is 0 Å². The van der Waals surface area contributed by atoms with Crippen LogP contribution in [0.3, 0.4) is 0 Å². The van der Waals surface area contributed by atoms with Crippen molar-refractivity contribution < 1.29 is 13.3 Å². The summed E-state index contributed by atoms with van der Waals surface area (Å²) in [6.07, 6.45) is 3.79. The summed E-state index contributed by atoms with van der Waals surface area (Å²) < 4.78 is 19.5. The van der Waals surface area contributed by atoms with Crippen molar-refractivity contribution in [3.63, 3.8) is 0 Å². The van der Waals surface area contributed by atoms with Gasteiger partial charge in [0.2, 0.25) is 0 Å². The number of hydrogen-bond donors (Lipinski definition) is 0. The lowest BCUT2D eigenvalue weighted by atomic mass is 10.0. The third kappa shape index (κ3) is 6.28. The minimum Gasteiger partial charge on any atom is -0.456 e. The van der Waals surface area contributed by atoms with Gasteiger partial charge in [0.15, 0.2) is 11.2 Å². The highest BCUT2D eigenvalue weighted by Gasteiger charge is 2.22. The average molecular weight is 837 g/mol. The number of para-hydroxylation sites is 2. The first-order valence-corrected chi connectivity index (χ1v) is 21.6. The van der Waals surface area contributed by atoms with E-state index >= 15 is 0 Å². The van der Waals surface area contributed by atoms with E-state index in [4.69, 9.17) is 23.2 Å². The van der Waals surface area contributed by atoms with Gasteiger partial charge in [-0.1, -0.05) is 121 Å². The summed E-state index contributed by atoms with van der Waals surface area (Å²) in [7, 11) is 0. The van der Waals surface area contributed by atoms with Gasteiger partial charge in [0.05, 0.1) is 23.8 Å². The van der Waals surface area contributed by atoms with E-state index in [0.717, 1.165) is 100 Å². The molecule has 0 aliphatic carbocycles. The predicted octanol–water partition coefficient (Wildman–Crippen LogP) is 16.4. The van der Waals surface area contributed by atoms with Gasteiger partial charge in [0.25, 0.3) is 0 Å². The number of anilines is 6. The normalized spacial score (nSPS) is 11.7. The number of nitrogens with zero attached hydrogens (tertiary/aromatic N) is 4. The highest BCUT2D eigenvalue weighted by Crippen LogP contribution is 2.43. The van der Waals surface area contributed by atoms with Crippen molar-refractivity contribution in [3.05, 3.63) is 219 Å². The summed E-state index contributed by atoms with van der Waals surface area (Å²) >= 11 is 0. The molecule has 0 saturated heterocycles. The van der Waals surface area contributed by atoms with E-state index in [0.29, 0.717) is 22.2 Å². The van der Waals surface area contributed by atoms with E-state index in [2.05, 4.69) is 155 Å². The second kappa shape index (κ2) is 14.9. The van der Waals surface area contributed by atoms with Gasteiger partial charge < -0.3 is 23.1 Å². The Hall–Kier alpha value is -8.94. The molecule has 0 aliphatic rings. The van der Waals surface area contributed by atoms with E-state index in [1.165, 1.54) is 0 Å². The molecule has 0 amide bonds. The number of pyridine rings is 2. The minimum atomic E-state index is 0.625. The van der Waals surface area contributed by atoms with Crippen molar-refractivity contribution >= 4 is 100 Å². The van der Waals surface area contributed by atoms with Gasteiger partial charge in [-0.15, -0.1) is 0 Å². The Bertz CT molecular complexity index is 3640. The highest BCUT2D eigenvalue weighted by molar-refractivity contribution is 6.08. The number of furan rings is 3. The van der Waals surface area contributed by atoms with Gasteiger partial charge in [0, 0.05) is 68.6 Å². The third-order valence-electron chi connectivity index (χ3n) is 12.3. The van der Waals surface area contributed by atoms with Crippen LogP contribution in [0.2, 0.25) is 0 Å². The Labute approximate surface area is 372 Å². The second-order valence-electron chi connectivity index (χ2n) is 16.2. The number of hydrogen-bond acceptors (Lipinski definition) is 7. The van der Waals surface area contributed by atoms with Crippen LogP contribution in [0.25, 0.3) is 88.3 Å². The Balaban J connectivity index is 0.929. The molecule has 8 aromatic carbocycles. The van der Waals surface area contributed by atoms with Crippen LogP contribution in [0.1, 0.15) is 0 Å². The van der Waals surface area contributed by atoms with Crippen molar-refractivity contribution in [2.24, 2.45) is 0 Å². The zero-order valence-corrected chi connectivity index (χ0v) is 34.8. The van der Waals surface area contributed by atoms with Crippen LogP contribution in [-0.4, -0.2) is 9.97 Å². The largest absolute Gasteiger partial charge is 0.456 e. The zero-order chi connectivity index (χ0) is 42.8. The monoisotopic (exact) mass is 836 g/mol. The van der Waals surface area contributed by atoms with Crippen LogP contribution in [0.4, 0.5) is 34.1 Å². The molecule has 0 saturated carbocycles. The fraction of sp³-hybridized carbons (Fsp3) is 0. The Morgan fingerprint density at radius 1 is 0.262 bits per heavy atom. The predicted molar refractivity (Wildman–Crippen MR) is 264 cm³/mol. The first kappa shape index (κ1) is 36.7. The van der Waals surface area contributed by atoms with Gasteiger partial charge in [0.1, 0.15) is 33.4 Å². The zero-order valence-electron chi connectivity index (χ0n) is 34.8. The lowest BCUT2D eigenvalue weighted by Gasteiger charge is -2.25. The molecular weight excluding hydrogens is 801 g/mol. The van der Waals surface area contributed by atoms with Gasteiger partial charge in [-0.05, 0) is 82.9 Å². The quantitative estimate of drug-likeness (QED) is 0.151. The van der Waals surface area contributed by atoms with Gasteiger partial charge >= 0.3 is 0 Å². The molecule has 7 nitrogen and oxygen atoms in total. The Kier molecular flexibility index (Phi) is 8.39. The summed E-state index contributed by atoms with van der Waals surface area (Å²) in [6.45, 7) is 0. The molecule has 5 heterocycles. The lowest BCUT2D eigenvalue weighted by Crippen LogP contribution is -2.10. The van der Waals surface area contributed by atoms with Crippen molar-refractivity contribution in [1.82, 2.24) is 9.97 Å². The second-order valence-corrected chi connectivity index (χ2v) is 16.2. The van der Waals surface area contributed by atoms with Crippen molar-refractivity contribution in [2.45, 2.75) is 0 Å². The molecule has 0 atom stereocenters. The van der Waals surface area contributed by atoms with Crippen LogP contribution in [-0.2, 0) is 0 Å². The fourth-order valence-electron chi connectivity index (χ4n) is 9.21. The molecule has 65 heavy (non-hydrogen) atoms. The smallest absolute Gasteiger partial charge is 0.157 e. The van der Waals surface area contributed by atoms with Crippen LogP contribution in [0.15, 0.2) is 232 Å². The summed E-state index contributed by atoms with van der Waals surface area (Å²) in [5.41, 5.74) is 16.0. The van der Waals surface area contributed by atoms with Crippen LogP contribution < -0.4 is 9.80 Å². The van der Waals surface area contributed by atoms with E-state index < -0.39 is 0 Å². The molecule has 0 fully saturated rings. The Morgan fingerprint density at radius 2 is 0.600 bits per heavy atom.